The predicted octanol–water partition coefficient (Wildman–Crippen LogP) is 6.68. The molecule has 0 atom stereocenters. The van der Waals surface area contributed by atoms with Crippen molar-refractivity contribution in [1.29, 1.82) is 0 Å². The molecule has 2 aromatic carbocycles. The normalized spacial score (nSPS) is 20.4. The lowest BCUT2D eigenvalue weighted by Gasteiger charge is -2.37. The summed E-state index contributed by atoms with van der Waals surface area (Å²) in [5.74, 6) is -1.15. The largest absolute Gasteiger partial charge is 0.493 e. The molecule has 41 heavy (non-hydrogen) atoms. The van der Waals surface area contributed by atoms with Gasteiger partial charge in [-0.25, -0.2) is 18.6 Å². The quantitative estimate of drug-likeness (QED) is 0.312. The summed E-state index contributed by atoms with van der Waals surface area (Å²) in [6.07, 6.45) is 6.03. The zero-order valence-corrected chi connectivity index (χ0v) is 23.3. The van der Waals surface area contributed by atoms with Gasteiger partial charge in [0.05, 0.1) is 30.5 Å². The Bertz CT molecular complexity index is 1410. The van der Waals surface area contributed by atoms with Crippen LogP contribution in [0.2, 0.25) is 0 Å². The minimum atomic E-state index is -0.991. The van der Waals surface area contributed by atoms with Crippen molar-refractivity contribution in [2.45, 2.75) is 52.4 Å². The lowest BCUT2D eigenvalue weighted by atomic mass is 9.69. The monoisotopic (exact) mass is 564 g/mol. The van der Waals surface area contributed by atoms with Gasteiger partial charge in [-0.1, -0.05) is 0 Å². The van der Waals surface area contributed by atoms with E-state index >= 15 is 0 Å². The summed E-state index contributed by atoms with van der Waals surface area (Å²) in [6.45, 7) is 5.05. The molecule has 2 aliphatic rings. The topological polar surface area (TPSA) is 89.0 Å². The van der Waals surface area contributed by atoms with E-state index in [-0.39, 0.29) is 22.6 Å². The molecule has 7 nitrogen and oxygen atoms in total. The Morgan fingerprint density at radius 3 is 2.24 bits per heavy atom. The third-order valence-corrected chi connectivity index (χ3v) is 8.21. The van der Waals surface area contributed by atoms with Crippen molar-refractivity contribution in [2.75, 3.05) is 24.7 Å². The number of pyridine rings is 1. The first kappa shape index (κ1) is 28.5. The number of benzene rings is 2. The number of carbonyl (C=O) groups is 2. The molecule has 1 spiro atoms. The number of rotatable bonds is 9. The highest BCUT2D eigenvalue weighted by molar-refractivity contribution is 5.97. The van der Waals surface area contributed by atoms with E-state index in [2.05, 4.69) is 4.98 Å². The highest BCUT2D eigenvalue weighted by Crippen LogP contribution is 2.48. The molecule has 1 aliphatic carbocycles. The van der Waals surface area contributed by atoms with Crippen molar-refractivity contribution in [1.82, 2.24) is 4.98 Å². The maximum atomic E-state index is 14.7. The fraction of sp³-hybridized carbons (Fsp3) is 0.406. The van der Waals surface area contributed by atoms with Gasteiger partial charge in [0.15, 0.2) is 5.82 Å². The van der Waals surface area contributed by atoms with Crippen LogP contribution in [0.5, 0.6) is 11.5 Å². The summed E-state index contributed by atoms with van der Waals surface area (Å²) >= 11 is 0. The molecular weight excluding hydrogens is 530 g/mol. The Morgan fingerprint density at radius 2 is 1.68 bits per heavy atom. The van der Waals surface area contributed by atoms with Gasteiger partial charge in [0.25, 0.3) is 0 Å². The molecule has 1 N–H and O–H groups in total. The van der Waals surface area contributed by atoms with Crippen molar-refractivity contribution >= 4 is 17.6 Å². The fourth-order valence-corrected chi connectivity index (χ4v) is 6.21. The molecular formula is C32H34F2N2O5. The molecule has 0 radical (unpaired) electrons. The summed E-state index contributed by atoms with van der Waals surface area (Å²) in [6, 6.07) is 11.1. The van der Waals surface area contributed by atoms with Crippen molar-refractivity contribution in [3.8, 4) is 22.8 Å². The average molecular weight is 565 g/mol. The van der Waals surface area contributed by atoms with Crippen LogP contribution < -0.4 is 14.4 Å². The maximum absolute atomic E-state index is 14.7. The highest BCUT2D eigenvalue weighted by Gasteiger charge is 2.45. The van der Waals surface area contributed by atoms with E-state index < -0.39 is 17.6 Å². The van der Waals surface area contributed by atoms with E-state index in [1.54, 1.807) is 17.0 Å². The first-order valence-electron chi connectivity index (χ1n) is 14.1. The molecule has 9 heteroatoms. The lowest BCUT2D eigenvalue weighted by molar-refractivity contribution is -0.118. The molecule has 5 rings (SSSR count). The van der Waals surface area contributed by atoms with Crippen molar-refractivity contribution in [3.63, 3.8) is 0 Å². The molecule has 1 saturated carbocycles. The Labute approximate surface area is 238 Å². The maximum Gasteiger partial charge on any atom is 0.335 e. The number of ether oxygens (including phenoxy) is 2. The number of carboxylic acids is 1. The third-order valence-electron chi connectivity index (χ3n) is 8.21. The molecule has 1 saturated heterocycles. The number of halogens is 2. The standard InChI is InChI=1S/C32H34F2N2O5/c1-3-40-26-14-21(15-27(41-4-2)29(26)30-25(34)16-23(33)18-35-30)13-20-9-11-32(12-10-20)17-28(37)36(19-32)24-7-5-22(6-8-24)31(38)39/h5-8,14-16,18,20H,3-4,9-13,17,19H2,1-2H3,(H,38,39). The zero-order valence-electron chi connectivity index (χ0n) is 23.3. The number of aromatic carboxylic acids is 1. The Hall–Kier alpha value is -4.01. The van der Waals surface area contributed by atoms with Gasteiger partial charge >= 0.3 is 5.97 Å². The van der Waals surface area contributed by atoms with Crippen LogP contribution in [-0.2, 0) is 11.2 Å². The Kier molecular flexibility index (Phi) is 8.24. The molecule has 0 unspecified atom stereocenters. The number of anilines is 1. The summed E-state index contributed by atoms with van der Waals surface area (Å²) in [7, 11) is 0. The van der Waals surface area contributed by atoms with Crippen LogP contribution in [-0.4, -0.2) is 41.7 Å². The predicted molar refractivity (Wildman–Crippen MR) is 150 cm³/mol. The smallest absolute Gasteiger partial charge is 0.335 e. The van der Waals surface area contributed by atoms with Crippen LogP contribution >= 0.6 is 0 Å². The van der Waals surface area contributed by atoms with Crippen LogP contribution in [0.25, 0.3) is 11.3 Å². The second-order valence-electron chi connectivity index (χ2n) is 11.0. The van der Waals surface area contributed by atoms with E-state index in [1.807, 2.05) is 26.0 Å². The number of aromatic nitrogens is 1. The third kappa shape index (κ3) is 6.04. The number of carboxylic acid groups (broad SMARTS) is 1. The van der Waals surface area contributed by atoms with Crippen LogP contribution in [0.1, 0.15) is 61.9 Å². The van der Waals surface area contributed by atoms with Crippen LogP contribution in [0, 0.1) is 23.0 Å². The summed E-state index contributed by atoms with van der Waals surface area (Å²) < 4.78 is 40.1. The molecule has 2 heterocycles. The Morgan fingerprint density at radius 1 is 1.05 bits per heavy atom. The second kappa shape index (κ2) is 11.8. The molecule has 1 amide bonds. The minimum absolute atomic E-state index is 0.0162. The summed E-state index contributed by atoms with van der Waals surface area (Å²) in [5, 5.41) is 9.17. The van der Waals surface area contributed by atoms with Crippen molar-refractivity contribution < 1.29 is 33.0 Å². The highest BCUT2D eigenvalue weighted by atomic mass is 19.1. The number of amides is 1. The molecule has 1 aromatic heterocycles. The number of hydrogen-bond acceptors (Lipinski definition) is 5. The Balaban J connectivity index is 1.31. The second-order valence-corrected chi connectivity index (χ2v) is 11.0. The van der Waals surface area contributed by atoms with Gasteiger partial charge in [0.2, 0.25) is 5.91 Å². The van der Waals surface area contributed by atoms with Gasteiger partial charge < -0.3 is 19.5 Å². The number of hydrogen-bond donors (Lipinski definition) is 1. The van der Waals surface area contributed by atoms with Gasteiger partial charge in [-0.3, -0.25) is 4.79 Å². The molecule has 1 aliphatic heterocycles. The van der Waals surface area contributed by atoms with E-state index in [0.717, 1.165) is 55.6 Å². The van der Waals surface area contributed by atoms with Gasteiger partial charge in [-0.05, 0) is 99.2 Å². The van der Waals surface area contributed by atoms with Crippen LogP contribution in [0.4, 0.5) is 14.5 Å². The fourth-order valence-electron chi connectivity index (χ4n) is 6.21. The average Bonchev–Trinajstić information content (AvgIpc) is 3.26. The first-order valence-corrected chi connectivity index (χ1v) is 14.1. The molecule has 216 valence electrons. The summed E-state index contributed by atoms with van der Waals surface area (Å²) in [4.78, 5) is 29.9. The van der Waals surface area contributed by atoms with Gasteiger partial charge in [0, 0.05) is 24.7 Å². The van der Waals surface area contributed by atoms with E-state index in [1.165, 1.54) is 12.1 Å². The minimum Gasteiger partial charge on any atom is -0.493 e. The van der Waals surface area contributed by atoms with Crippen LogP contribution in [0.15, 0.2) is 48.7 Å². The van der Waals surface area contributed by atoms with Gasteiger partial charge in [0.1, 0.15) is 23.0 Å². The SMILES string of the molecule is CCOc1cc(CC2CCC3(CC2)CC(=O)N(c2ccc(C(=O)O)cc2)C3)cc(OCC)c1-c1ncc(F)cc1F. The number of nitrogens with zero attached hydrogens (tertiary/aromatic N) is 2. The molecule has 0 bridgehead atoms. The summed E-state index contributed by atoms with van der Waals surface area (Å²) in [5.41, 5.74) is 2.21. The van der Waals surface area contributed by atoms with E-state index in [4.69, 9.17) is 14.6 Å². The zero-order chi connectivity index (χ0) is 29.1. The van der Waals surface area contributed by atoms with E-state index in [9.17, 15) is 18.4 Å². The van der Waals surface area contributed by atoms with Gasteiger partial charge in [-0.2, -0.15) is 0 Å². The van der Waals surface area contributed by atoms with Gasteiger partial charge in [-0.15, -0.1) is 0 Å². The van der Waals surface area contributed by atoms with Crippen molar-refractivity contribution in [2.24, 2.45) is 11.3 Å². The van der Waals surface area contributed by atoms with Crippen molar-refractivity contribution in [3.05, 3.63) is 71.4 Å². The number of carbonyl (C=O) groups excluding carboxylic acids is 1. The molecule has 3 aromatic rings. The lowest BCUT2D eigenvalue weighted by Crippen LogP contribution is -2.32. The first-order chi connectivity index (χ1) is 19.7. The molecule has 2 fully saturated rings. The van der Waals surface area contributed by atoms with E-state index in [0.29, 0.717) is 49.2 Å². The van der Waals surface area contributed by atoms with Crippen LogP contribution in [0.3, 0.4) is 0 Å².